The molecule has 3 aliphatic heterocycles. The summed E-state index contributed by atoms with van der Waals surface area (Å²) in [5.74, 6) is -0.218. The Hall–Kier alpha value is -3.09. The summed E-state index contributed by atoms with van der Waals surface area (Å²) in [6.07, 6.45) is 2.60. The number of nitrogens with zero attached hydrogens (tertiary/aromatic N) is 4. The molecule has 3 aliphatic rings. The van der Waals surface area contributed by atoms with Gasteiger partial charge in [-0.1, -0.05) is 6.07 Å². The number of hydrogen-bond donors (Lipinski definition) is 1. The topological polar surface area (TPSA) is 127 Å². The van der Waals surface area contributed by atoms with Gasteiger partial charge in [0.15, 0.2) is 5.78 Å². The number of rotatable bonds is 7. The van der Waals surface area contributed by atoms with Crippen molar-refractivity contribution in [3.63, 3.8) is 0 Å². The van der Waals surface area contributed by atoms with E-state index in [1.54, 1.807) is 25.1 Å². The Kier molecular flexibility index (Phi) is 7.15. The number of ketones is 1. The first-order chi connectivity index (χ1) is 18.5. The lowest BCUT2D eigenvalue weighted by Crippen LogP contribution is -2.66. The molecule has 1 aromatic heterocycles. The smallest absolute Gasteiger partial charge is 0.247 e. The fourth-order valence-electron chi connectivity index (χ4n) is 6.06. The first-order valence-corrected chi connectivity index (χ1v) is 14.4. The highest BCUT2D eigenvalue weighted by Gasteiger charge is 2.66. The predicted octanol–water partition coefficient (Wildman–Crippen LogP) is 1.94. The molecule has 0 saturated carbocycles. The minimum Gasteiger partial charge on any atom is -0.495 e. The van der Waals surface area contributed by atoms with Gasteiger partial charge in [-0.25, -0.2) is 27.1 Å². The molecule has 1 spiro atoms. The number of nitrogens with two attached hydrogens (primary N) is 1. The average molecular weight is 560 g/mol. The van der Waals surface area contributed by atoms with Gasteiger partial charge in [-0.2, -0.15) is 0 Å². The van der Waals surface area contributed by atoms with Crippen molar-refractivity contribution in [3.05, 3.63) is 59.2 Å². The minimum atomic E-state index is -4.03. The third-order valence-corrected chi connectivity index (χ3v) is 11.1. The number of methoxy groups -OCH3 is 1. The second-order valence-electron chi connectivity index (χ2n) is 10.7. The molecular formula is C27H34FN5O5S. The summed E-state index contributed by atoms with van der Waals surface area (Å²) < 4.78 is 53.9. The van der Waals surface area contributed by atoms with Crippen molar-refractivity contribution in [2.75, 3.05) is 47.0 Å². The number of Topliss-reactive ketones (excluding diaryl/α,β-unsaturated/α-hetero) is 1. The van der Waals surface area contributed by atoms with E-state index in [1.807, 2.05) is 0 Å². The van der Waals surface area contributed by atoms with E-state index in [0.717, 1.165) is 10.7 Å². The number of hydrogen-bond acceptors (Lipinski definition) is 9. The molecule has 3 atom stereocenters. The standard InChI is InChI=1S/C27H34FN5O5S/c1-26(21-12-18(4-6-22(21)28)13-24(34)23-7-5-20(37-3)14-30-23)27(39(35,36)32(2)25(29)31-26)9-10-33(17-27)15-19-8-11-38-16-19/h4-7,12,14,19H,8-11,13,15-17H2,1-3H3,(H2,29,31)/t19?,26-,27-/m1/s1. The largest absolute Gasteiger partial charge is 0.495 e. The number of sulfonamides is 1. The van der Waals surface area contributed by atoms with Crippen LogP contribution in [0.5, 0.6) is 5.75 Å². The minimum absolute atomic E-state index is 0.0463. The van der Waals surface area contributed by atoms with E-state index in [4.69, 9.17) is 15.2 Å². The molecule has 0 radical (unpaired) electrons. The molecule has 0 aliphatic carbocycles. The van der Waals surface area contributed by atoms with Crippen molar-refractivity contribution in [1.29, 1.82) is 0 Å². The summed E-state index contributed by atoms with van der Waals surface area (Å²) >= 11 is 0. The summed E-state index contributed by atoms with van der Waals surface area (Å²) in [5.41, 5.74) is 5.47. The second-order valence-corrected chi connectivity index (χ2v) is 13.0. The second kappa shape index (κ2) is 10.1. The number of ether oxygens (including phenoxy) is 2. The van der Waals surface area contributed by atoms with Gasteiger partial charge in [0, 0.05) is 38.7 Å². The van der Waals surface area contributed by atoms with Gasteiger partial charge < -0.3 is 20.1 Å². The van der Waals surface area contributed by atoms with Gasteiger partial charge in [0.2, 0.25) is 16.0 Å². The lowest BCUT2D eigenvalue weighted by Gasteiger charge is -2.48. The molecule has 39 heavy (non-hydrogen) atoms. The number of benzene rings is 1. The summed E-state index contributed by atoms with van der Waals surface area (Å²) in [6.45, 7) is 4.39. The molecule has 2 fully saturated rings. The average Bonchev–Trinajstić information content (AvgIpc) is 3.60. The number of halogens is 1. The Balaban J connectivity index is 1.52. The van der Waals surface area contributed by atoms with Gasteiger partial charge in [-0.05, 0) is 62.1 Å². The lowest BCUT2D eigenvalue weighted by molar-refractivity contribution is 0.0988. The summed E-state index contributed by atoms with van der Waals surface area (Å²) in [5, 5.41) is 0. The van der Waals surface area contributed by atoms with E-state index in [1.165, 1.54) is 32.5 Å². The first kappa shape index (κ1) is 27.5. The Bertz CT molecular complexity index is 1400. The molecule has 5 rings (SSSR count). The number of carbonyl (C=O) groups is 1. The highest BCUT2D eigenvalue weighted by molar-refractivity contribution is 7.91. The lowest BCUT2D eigenvalue weighted by atomic mass is 9.77. The first-order valence-electron chi connectivity index (χ1n) is 13.0. The summed E-state index contributed by atoms with van der Waals surface area (Å²) in [6, 6.07) is 7.54. The maximum atomic E-state index is 15.6. The number of aliphatic imine (C=N–C) groups is 1. The number of carbonyl (C=O) groups excluding carboxylic acids is 1. The van der Waals surface area contributed by atoms with E-state index in [9.17, 15) is 13.2 Å². The van der Waals surface area contributed by atoms with E-state index >= 15 is 4.39 Å². The maximum Gasteiger partial charge on any atom is 0.247 e. The molecule has 210 valence electrons. The molecule has 2 saturated heterocycles. The van der Waals surface area contributed by atoms with Gasteiger partial charge in [-0.15, -0.1) is 0 Å². The van der Waals surface area contributed by atoms with Crippen molar-refractivity contribution < 1.29 is 27.1 Å². The molecule has 0 bridgehead atoms. The fraction of sp³-hybridized carbons (Fsp3) is 0.519. The molecule has 4 heterocycles. The van der Waals surface area contributed by atoms with Crippen LogP contribution in [0.3, 0.4) is 0 Å². The van der Waals surface area contributed by atoms with Crippen LogP contribution in [0, 0.1) is 11.7 Å². The Morgan fingerprint density at radius 3 is 2.77 bits per heavy atom. The molecular weight excluding hydrogens is 525 g/mol. The number of likely N-dealkylation sites (tertiary alicyclic amines) is 1. The molecule has 0 amide bonds. The Labute approximate surface area is 228 Å². The van der Waals surface area contributed by atoms with Gasteiger partial charge in [0.25, 0.3) is 0 Å². The van der Waals surface area contributed by atoms with Crippen LogP contribution < -0.4 is 10.5 Å². The summed E-state index contributed by atoms with van der Waals surface area (Å²) in [7, 11) is -1.13. The van der Waals surface area contributed by atoms with Crippen LogP contribution in [-0.4, -0.2) is 86.1 Å². The monoisotopic (exact) mass is 559 g/mol. The zero-order valence-corrected chi connectivity index (χ0v) is 23.2. The van der Waals surface area contributed by atoms with Crippen molar-refractivity contribution in [3.8, 4) is 5.75 Å². The third kappa shape index (κ3) is 4.57. The van der Waals surface area contributed by atoms with Gasteiger partial charge >= 0.3 is 0 Å². The Morgan fingerprint density at radius 1 is 1.31 bits per heavy atom. The normalized spacial score (nSPS) is 28.6. The zero-order chi connectivity index (χ0) is 28.0. The van der Waals surface area contributed by atoms with E-state index in [2.05, 4.69) is 14.9 Å². The molecule has 10 nitrogen and oxygen atoms in total. The van der Waals surface area contributed by atoms with Crippen LogP contribution in [0.2, 0.25) is 0 Å². The van der Waals surface area contributed by atoms with Crippen molar-refractivity contribution in [2.45, 2.75) is 36.5 Å². The van der Waals surface area contributed by atoms with Gasteiger partial charge in [0.1, 0.15) is 27.5 Å². The SMILES string of the molecule is COc1ccc(C(=O)Cc2ccc(F)c([C@@]3(C)N=C(N)N(C)S(=O)(=O)[C@@]34CCN(CC3CCOC3)C4)c2)nc1. The number of guanidine groups is 1. The van der Waals surface area contributed by atoms with Crippen LogP contribution in [0.1, 0.15) is 41.4 Å². The predicted molar refractivity (Wildman–Crippen MR) is 144 cm³/mol. The summed E-state index contributed by atoms with van der Waals surface area (Å²) in [4.78, 5) is 23.9. The third-order valence-electron chi connectivity index (χ3n) is 8.43. The molecule has 2 N–H and O–H groups in total. The van der Waals surface area contributed by atoms with Crippen LogP contribution in [0.15, 0.2) is 41.5 Å². The number of pyridine rings is 1. The van der Waals surface area contributed by atoms with E-state index in [0.29, 0.717) is 43.5 Å². The molecule has 12 heteroatoms. The quantitative estimate of drug-likeness (QED) is 0.510. The molecule has 1 aromatic carbocycles. The van der Waals surface area contributed by atoms with Crippen LogP contribution in [0.4, 0.5) is 4.39 Å². The van der Waals surface area contributed by atoms with E-state index < -0.39 is 26.1 Å². The van der Waals surface area contributed by atoms with Crippen molar-refractivity contribution in [2.24, 2.45) is 16.6 Å². The molecule has 1 unspecified atom stereocenters. The van der Waals surface area contributed by atoms with Crippen LogP contribution >= 0.6 is 0 Å². The molecule has 2 aromatic rings. The van der Waals surface area contributed by atoms with Crippen molar-refractivity contribution in [1.82, 2.24) is 14.2 Å². The van der Waals surface area contributed by atoms with Gasteiger partial charge in [-0.3, -0.25) is 4.79 Å². The van der Waals surface area contributed by atoms with Crippen LogP contribution in [0.25, 0.3) is 0 Å². The Morgan fingerprint density at radius 2 is 2.10 bits per heavy atom. The highest BCUT2D eigenvalue weighted by atomic mass is 32.2. The van der Waals surface area contributed by atoms with E-state index in [-0.39, 0.29) is 42.4 Å². The highest BCUT2D eigenvalue weighted by Crippen LogP contribution is 2.51. The zero-order valence-electron chi connectivity index (χ0n) is 22.4. The maximum absolute atomic E-state index is 15.6. The van der Waals surface area contributed by atoms with Crippen molar-refractivity contribution >= 4 is 21.8 Å². The fourth-order valence-corrected chi connectivity index (χ4v) is 8.22. The van der Waals surface area contributed by atoms with Crippen LogP contribution in [-0.2, 0) is 26.7 Å². The van der Waals surface area contributed by atoms with Gasteiger partial charge in [0.05, 0.1) is 19.9 Å². The number of aromatic nitrogens is 1.